The van der Waals surface area contributed by atoms with Gasteiger partial charge in [0, 0.05) is 15.6 Å². The van der Waals surface area contributed by atoms with E-state index in [1.165, 1.54) is 0 Å². The summed E-state index contributed by atoms with van der Waals surface area (Å²) in [4.78, 5) is 0. The third kappa shape index (κ3) is 2.55. The molecule has 0 radical (unpaired) electrons. The summed E-state index contributed by atoms with van der Waals surface area (Å²) in [5.74, 6) is -6.76. The zero-order valence-electron chi connectivity index (χ0n) is 9.73. The average molecular weight is 352 g/mol. The van der Waals surface area contributed by atoms with Crippen LogP contribution in [0.1, 0.15) is 17.2 Å². The molecular formula is C13H7BrF5N. The minimum atomic E-state index is -1.74. The summed E-state index contributed by atoms with van der Waals surface area (Å²) in [6.45, 7) is 0. The molecule has 0 aliphatic carbocycles. The Labute approximate surface area is 119 Å². The lowest BCUT2D eigenvalue weighted by Crippen LogP contribution is -2.18. The van der Waals surface area contributed by atoms with Gasteiger partial charge >= 0.3 is 0 Å². The van der Waals surface area contributed by atoms with E-state index in [1.54, 1.807) is 0 Å². The molecule has 1 unspecified atom stereocenters. The lowest BCUT2D eigenvalue weighted by atomic mass is 9.98. The summed E-state index contributed by atoms with van der Waals surface area (Å²) in [6.07, 6.45) is 0. The fraction of sp³-hybridized carbons (Fsp3) is 0.0769. The molecule has 0 heterocycles. The van der Waals surface area contributed by atoms with Gasteiger partial charge in [-0.05, 0) is 18.2 Å². The van der Waals surface area contributed by atoms with Crippen LogP contribution >= 0.6 is 15.9 Å². The van der Waals surface area contributed by atoms with E-state index in [0.717, 1.165) is 18.2 Å². The molecule has 0 saturated heterocycles. The smallest absolute Gasteiger partial charge is 0.194 e. The van der Waals surface area contributed by atoms with E-state index in [-0.39, 0.29) is 4.47 Å². The maximum atomic E-state index is 13.7. The van der Waals surface area contributed by atoms with Crippen LogP contribution in [0.2, 0.25) is 0 Å². The van der Waals surface area contributed by atoms with Crippen LogP contribution < -0.4 is 5.73 Å². The van der Waals surface area contributed by atoms with Gasteiger partial charge < -0.3 is 5.73 Å². The van der Waals surface area contributed by atoms with Gasteiger partial charge in [-0.2, -0.15) is 0 Å². The molecule has 7 heteroatoms. The number of halogens is 6. The van der Waals surface area contributed by atoms with Gasteiger partial charge in [-0.1, -0.05) is 22.0 Å². The van der Waals surface area contributed by atoms with Gasteiger partial charge in [-0.3, -0.25) is 0 Å². The largest absolute Gasteiger partial charge is 0.320 e. The summed E-state index contributed by atoms with van der Waals surface area (Å²) in [5.41, 5.74) is 4.40. The van der Waals surface area contributed by atoms with E-state index < -0.39 is 46.3 Å². The van der Waals surface area contributed by atoms with Gasteiger partial charge in [0.2, 0.25) is 0 Å². The van der Waals surface area contributed by atoms with Crippen molar-refractivity contribution >= 4 is 15.9 Å². The molecule has 1 atom stereocenters. The molecule has 0 aromatic heterocycles. The summed E-state index contributed by atoms with van der Waals surface area (Å²) < 4.78 is 67.1. The highest BCUT2D eigenvalue weighted by molar-refractivity contribution is 9.10. The van der Waals surface area contributed by atoms with E-state index in [9.17, 15) is 22.0 Å². The zero-order chi connectivity index (χ0) is 15.0. The Morgan fingerprint density at radius 1 is 0.850 bits per heavy atom. The second-order valence-electron chi connectivity index (χ2n) is 4.03. The predicted octanol–water partition coefficient (Wildman–Crippen LogP) is 4.19. The Morgan fingerprint density at radius 3 is 1.95 bits per heavy atom. The molecule has 2 aromatic carbocycles. The van der Waals surface area contributed by atoms with E-state index in [1.807, 2.05) is 0 Å². The van der Waals surface area contributed by atoms with Crippen LogP contribution in [0.15, 0.2) is 28.7 Å². The maximum Gasteiger partial charge on any atom is 0.194 e. The zero-order valence-corrected chi connectivity index (χ0v) is 11.3. The van der Waals surface area contributed by atoms with Crippen molar-refractivity contribution in [1.82, 2.24) is 0 Å². The fourth-order valence-electron chi connectivity index (χ4n) is 1.79. The van der Waals surface area contributed by atoms with Crippen LogP contribution in [0.3, 0.4) is 0 Å². The Hall–Kier alpha value is -1.47. The molecule has 0 spiro atoms. The van der Waals surface area contributed by atoms with Gasteiger partial charge in [-0.15, -0.1) is 0 Å². The molecule has 2 N–H and O–H groups in total. The lowest BCUT2D eigenvalue weighted by Gasteiger charge is -2.16. The number of hydrogen-bond acceptors (Lipinski definition) is 1. The monoisotopic (exact) mass is 351 g/mol. The third-order valence-corrected chi connectivity index (χ3v) is 3.21. The second kappa shape index (κ2) is 5.49. The molecule has 1 nitrogen and oxygen atoms in total. The van der Waals surface area contributed by atoms with E-state index >= 15 is 0 Å². The quantitative estimate of drug-likeness (QED) is 0.637. The van der Waals surface area contributed by atoms with E-state index in [4.69, 9.17) is 5.73 Å². The van der Waals surface area contributed by atoms with Crippen molar-refractivity contribution in [1.29, 1.82) is 0 Å². The van der Waals surface area contributed by atoms with Crippen molar-refractivity contribution in [2.24, 2.45) is 5.73 Å². The van der Waals surface area contributed by atoms with E-state index in [0.29, 0.717) is 6.07 Å². The number of rotatable bonds is 2. The molecule has 0 bridgehead atoms. The lowest BCUT2D eigenvalue weighted by molar-refractivity contribution is 0.436. The van der Waals surface area contributed by atoms with Crippen LogP contribution in [0.5, 0.6) is 0 Å². The molecular weight excluding hydrogens is 345 g/mol. The van der Waals surface area contributed by atoms with Crippen LogP contribution in [0, 0.1) is 29.1 Å². The number of benzene rings is 2. The van der Waals surface area contributed by atoms with Gasteiger partial charge in [0.1, 0.15) is 11.6 Å². The summed E-state index contributed by atoms with van der Waals surface area (Å²) in [5, 5.41) is 0. The van der Waals surface area contributed by atoms with Crippen LogP contribution in [0.25, 0.3) is 0 Å². The first-order chi connectivity index (χ1) is 9.32. The number of nitrogens with two attached hydrogens (primary N) is 1. The first-order valence-electron chi connectivity index (χ1n) is 5.36. The normalized spacial score (nSPS) is 12.6. The highest BCUT2D eigenvalue weighted by Gasteiger charge is 2.24. The molecule has 106 valence electrons. The first-order valence-corrected chi connectivity index (χ1v) is 6.15. The Bertz CT molecular complexity index is 651. The summed E-state index contributed by atoms with van der Waals surface area (Å²) >= 11 is 2.88. The second-order valence-corrected chi connectivity index (χ2v) is 4.94. The molecule has 0 fully saturated rings. The van der Waals surface area contributed by atoms with Crippen molar-refractivity contribution in [3.05, 3.63) is 69.0 Å². The molecule has 0 aliphatic heterocycles. The first kappa shape index (κ1) is 14.9. The predicted molar refractivity (Wildman–Crippen MR) is 66.4 cm³/mol. The highest BCUT2D eigenvalue weighted by atomic mass is 79.9. The molecule has 2 rings (SSSR count). The van der Waals surface area contributed by atoms with Gasteiger partial charge in [-0.25, -0.2) is 22.0 Å². The molecule has 2 aromatic rings. The maximum absolute atomic E-state index is 13.7. The standard InChI is InChI=1S/C13H7BrF5N/c14-5-3-8(16)10(9(17)4-5)13(20)6-1-2-7(15)12(19)11(6)18/h1-4,13H,20H2. The minimum absolute atomic E-state index is 0.134. The summed E-state index contributed by atoms with van der Waals surface area (Å²) in [6, 6.07) is 1.77. The number of hydrogen-bond donors (Lipinski definition) is 1. The van der Waals surface area contributed by atoms with Gasteiger partial charge in [0.25, 0.3) is 0 Å². The van der Waals surface area contributed by atoms with Crippen molar-refractivity contribution in [2.75, 3.05) is 0 Å². The Balaban J connectivity index is 2.58. The van der Waals surface area contributed by atoms with Crippen molar-refractivity contribution in [2.45, 2.75) is 6.04 Å². The third-order valence-electron chi connectivity index (χ3n) is 2.75. The van der Waals surface area contributed by atoms with Crippen molar-refractivity contribution in [3.63, 3.8) is 0 Å². The molecule has 0 amide bonds. The van der Waals surface area contributed by atoms with Gasteiger partial charge in [0.15, 0.2) is 17.5 Å². The average Bonchev–Trinajstić information content (AvgIpc) is 2.34. The Kier molecular flexibility index (Phi) is 4.10. The fourth-order valence-corrected chi connectivity index (χ4v) is 2.19. The molecule has 0 aliphatic rings. The topological polar surface area (TPSA) is 26.0 Å². The summed E-state index contributed by atoms with van der Waals surface area (Å²) in [7, 11) is 0. The van der Waals surface area contributed by atoms with Crippen molar-refractivity contribution < 1.29 is 22.0 Å². The highest BCUT2D eigenvalue weighted by Crippen LogP contribution is 2.30. The van der Waals surface area contributed by atoms with Crippen molar-refractivity contribution in [3.8, 4) is 0 Å². The van der Waals surface area contributed by atoms with Crippen LogP contribution in [-0.2, 0) is 0 Å². The molecule has 20 heavy (non-hydrogen) atoms. The molecule has 0 saturated carbocycles. The van der Waals surface area contributed by atoms with E-state index in [2.05, 4.69) is 15.9 Å². The Morgan fingerprint density at radius 2 is 1.40 bits per heavy atom. The van der Waals surface area contributed by atoms with Crippen LogP contribution in [-0.4, -0.2) is 0 Å². The minimum Gasteiger partial charge on any atom is -0.320 e. The SMILES string of the molecule is NC(c1ccc(F)c(F)c1F)c1c(F)cc(Br)cc1F. The van der Waals surface area contributed by atoms with Gasteiger partial charge in [0.05, 0.1) is 6.04 Å². The van der Waals surface area contributed by atoms with Crippen LogP contribution in [0.4, 0.5) is 22.0 Å².